The van der Waals surface area contributed by atoms with Crippen LogP contribution in [0.15, 0.2) is 53.6 Å². The van der Waals surface area contributed by atoms with Crippen molar-refractivity contribution in [3.05, 3.63) is 59.7 Å². The molecule has 0 spiro atoms. The summed E-state index contributed by atoms with van der Waals surface area (Å²) in [5.41, 5.74) is 8.80. The van der Waals surface area contributed by atoms with Crippen LogP contribution in [-0.2, 0) is 10.9 Å². The number of halogens is 3. The number of nitrogens with zero attached hydrogens (tertiary/aromatic N) is 1. The highest BCUT2D eigenvalue weighted by atomic mass is 19.4. The van der Waals surface area contributed by atoms with Gasteiger partial charge in [0.1, 0.15) is 0 Å². The molecule has 0 saturated heterocycles. The zero-order valence-electron chi connectivity index (χ0n) is 16.0. The second-order valence-corrected chi connectivity index (χ2v) is 5.83. The molecule has 9 heteroatoms. The largest absolute Gasteiger partial charge is 0.416 e. The lowest BCUT2D eigenvalue weighted by atomic mass is 10.1. The first-order valence-corrected chi connectivity index (χ1v) is 8.58. The number of hydrazone groups is 1. The van der Waals surface area contributed by atoms with E-state index in [0.29, 0.717) is 23.0 Å². The van der Waals surface area contributed by atoms with Gasteiger partial charge in [-0.1, -0.05) is 19.1 Å². The number of hydrogen-bond acceptors (Lipinski definition) is 5. The maximum absolute atomic E-state index is 12.5. The Labute approximate surface area is 162 Å². The lowest BCUT2D eigenvalue weighted by Crippen LogP contribution is -2.23. The zero-order valence-corrected chi connectivity index (χ0v) is 16.0. The summed E-state index contributed by atoms with van der Waals surface area (Å²) in [6.07, 6.45) is -2.82. The van der Waals surface area contributed by atoms with Crippen molar-refractivity contribution in [2.45, 2.75) is 32.5 Å². The molecule has 0 radical (unpaired) electrons. The molecule has 6 N–H and O–H groups in total. The van der Waals surface area contributed by atoms with Crippen LogP contribution in [0, 0.1) is 0 Å². The second-order valence-electron chi connectivity index (χ2n) is 5.83. The Hall–Kier alpha value is -2.78. The molecule has 2 aromatic carbocycles. The van der Waals surface area contributed by atoms with Gasteiger partial charge in [0.05, 0.1) is 11.7 Å². The summed E-state index contributed by atoms with van der Waals surface area (Å²) in [7, 11) is 1.73. The van der Waals surface area contributed by atoms with Crippen molar-refractivity contribution in [1.82, 2.24) is 5.53 Å². The second kappa shape index (κ2) is 11.2. The molecule has 0 aliphatic heterocycles. The molecule has 2 rings (SSSR count). The fourth-order valence-corrected chi connectivity index (χ4v) is 2.01. The molecule has 2 aromatic rings. The highest BCUT2D eigenvalue weighted by Gasteiger charge is 2.29. The SMILES string of the molecule is CCC(C)OC.NN/N=C(\N)c1ccccc1Nc1ccc(C(F)(F)F)cc1. The molecule has 154 valence electrons. The number of para-hydroxylation sites is 1. The third-order valence-electron chi connectivity index (χ3n) is 3.86. The van der Waals surface area contributed by atoms with Crippen LogP contribution >= 0.6 is 0 Å². The van der Waals surface area contributed by atoms with Gasteiger partial charge < -0.3 is 15.8 Å². The fourth-order valence-electron chi connectivity index (χ4n) is 2.01. The molecule has 0 saturated carbocycles. The number of methoxy groups -OCH3 is 1. The van der Waals surface area contributed by atoms with E-state index < -0.39 is 11.7 Å². The number of amidine groups is 1. The minimum absolute atomic E-state index is 0.150. The van der Waals surface area contributed by atoms with Crippen LogP contribution in [0.4, 0.5) is 24.5 Å². The Balaban J connectivity index is 0.000000568. The Morgan fingerprint density at radius 1 is 1.14 bits per heavy atom. The summed E-state index contributed by atoms with van der Waals surface area (Å²) in [5, 5.41) is 6.67. The molecule has 1 unspecified atom stereocenters. The number of benzene rings is 2. The number of hydrazine groups is 1. The van der Waals surface area contributed by atoms with Gasteiger partial charge in [-0.2, -0.15) is 13.2 Å². The molecular formula is C19H26F3N5O. The van der Waals surface area contributed by atoms with E-state index in [1.165, 1.54) is 12.1 Å². The number of nitrogens with two attached hydrogens (primary N) is 2. The highest BCUT2D eigenvalue weighted by molar-refractivity contribution is 6.02. The maximum atomic E-state index is 12.5. The predicted octanol–water partition coefficient (Wildman–Crippen LogP) is 3.96. The number of rotatable bonds is 6. The van der Waals surface area contributed by atoms with Crippen LogP contribution in [-0.4, -0.2) is 19.0 Å². The normalized spacial score (nSPS) is 12.6. The molecule has 0 aliphatic rings. The molecule has 6 nitrogen and oxygen atoms in total. The van der Waals surface area contributed by atoms with E-state index >= 15 is 0 Å². The monoisotopic (exact) mass is 397 g/mol. The number of hydrogen-bond donors (Lipinski definition) is 4. The van der Waals surface area contributed by atoms with Crippen molar-refractivity contribution in [2.24, 2.45) is 16.7 Å². The number of alkyl halides is 3. The molecule has 0 aliphatic carbocycles. The van der Waals surface area contributed by atoms with Gasteiger partial charge in [0.2, 0.25) is 0 Å². The molecule has 28 heavy (non-hydrogen) atoms. The minimum Gasteiger partial charge on any atom is -0.382 e. The zero-order chi connectivity index (χ0) is 21.2. The molecule has 1 atom stereocenters. The van der Waals surface area contributed by atoms with Gasteiger partial charge in [0.25, 0.3) is 0 Å². The van der Waals surface area contributed by atoms with Crippen molar-refractivity contribution in [1.29, 1.82) is 0 Å². The molecule has 0 amide bonds. The first-order valence-electron chi connectivity index (χ1n) is 8.58. The summed E-state index contributed by atoms with van der Waals surface area (Å²) in [6.45, 7) is 4.16. The van der Waals surface area contributed by atoms with Crippen molar-refractivity contribution in [3.8, 4) is 0 Å². The standard InChI is InChI=1S/C14H14F3N5.C5H12O/c15-14(16,17)9-5-7-10(8-6-9)20-12-4-2-1-3-11(12)13(18)21-22-19;1-4-5(2)6-3/h1-8,20,22H,19H2,(H2,18,21);5H,4H2,1-3H3. The first-order chi connectivity index (χ1) is 13.2. The van der Waals surface area contributed by atoms with E-state index in [1.54, 1.807) is 31.4 Å². The molecular weight excluding hydrogens is 371 g/mol. The van der Waals surface area contributed by atoms with E-state index in [9.17, 15) is 13.2 Å². The van der Waals surface area contributed by atoms with Crippen molar-refractivity contribution >= 4 is 17.2 Å². The third-order valence-corrected chi connectivity index (χ3v) is 3.86. The van der Waals surface area contributed by atoms with E-state index in [1.807, 2.05) is 0 Å². The van der Waals surface area contributed by atoms with Crippen LogP contribution < -0.4 is 22.4 Å². The van der Waals surface area contributed by atoms with E-state index in [2.05, 4.69) is 29.8 Å². The number of ether oxygens (including phenoxy) is 1. The van der Waals surface area contributed by atoms with Gasteiger partial charge in [-0.15, -0.1) is 5.10 Å². The van der Waals surface area contributed by atoms with Crippen LogP contribution in [0.1, 0.15) is 31.4 Å². The Kier molecular flexibility index (Phi) is 9.26. The van der Waals surface area contributed by atoms with Crippen molar-refractivity contribution in [2.75, 3.05) is 12.4 Å². The van der Waals surface area contributed by atoms with Gasteiger partial charge in [-0.25, -0.2) is 11.4 Å². The number of anilines is 2. The summed E-state index contributed by atoms with van der Waals surface area (Å²) >= 11 is 0. The predicted molar refractivity (Wildman–Crippen MR) is 106 cm³/mol. The fraction of sp³-hybridized carbons (Fsp3) is 0.316. The molecule has 0 aromatic heterocycles. The average molecular weight is 397 g/mol. The topological polar surface area (TPSA) is 97.7 Å². The molecule has 0 bridgehead atoms. The van der Waals surface area contributed by atoms with E-state index in [-0.39, 0.29) is 5.84 Å². The summed E-state index contributed by atoms with van der Waals surface area (Å²) < 4.78 is 42.5. The Morgan fingerprint density at radius 2 is 1.75 bits per heavy atom. The summed E-state index contributed by atoms with van der Waals surface area (Å²) in [4.78, 5) is 0. The van der Waals surface area contributed by atoms with Crippen LogP contribution in [0.3, 0.4) is 0 Å². The minimum atomic E-state index is -4.36. The summed E-state index contributed by atoms with van der Waals surface area (Å²) in [5.74, 6) is 5.23. The van der Waals surface area contributed by atoms with Gasteiger partial charge in [0.15, 0.2) is 5.84 Å². The van der Waals surface area contributed by atoms with E-state index in [0.717, 1.165) is 18.6 Å². The first kappa shape index (κ1) is 23.3. The number of nitrogens with one attached hydrogen (secondary N) is 2. The smallest absolute Gasteiger partial charge is 0.382 e. The Morgan fingerprint density at radius 3 is 2.21 bits per heavy atom. The van der Waals surface area contributed by atoms with Crippen LogP contribution in [0.2, 0.25) is 0 Å². The van der Waals surface area contributed by atoms with Gasteiger partial charge in [-0.05, 0) is 49.7 Å². The van der Waals surface area contributed by atoms with E-state index in [4.69, 9.17) is 16.3 Å². The summed E-state index contributed by atoms with van der Waals surface area (Å²) in [6, 6.07) is 11.6. The average Bonchev–Trinajstić information content (AvgIpc) is 2.68. The lowest BCUT2D eigenvalue weighted by molar-refractivity contribution is -0.137. The Bertz CT molecular complexity index is 744. The van der Waals surface area contributed by atoms with Gasteiger partial charge in [0, 0.05) is 24.0 Å². The third kappa shape index (κ3) is 7.45. The van der Waals surface area contributed by atoms with Crippen molar-refractivity contribution in [3.63, 3.8) is 0 Å². The highest BCUT2D eigenvalue weighted by Crippen LogP contribution is 2.30. The van der Waals surface area contributed by atoms with Gasteiger partial charge >= 0.3 is 6.18 Å². The van der Waals surface area contributed by atoms with Crippen molar-refractivity contribution < 1.29 is 17.9 Å². The molecule has 0 fully saturated rings. The van der Waals surface area contributed by atoms with Crippen LogP contribution in [0.5, 0.6) is 0 Å². The quantitative estimate of drug-likeness (QED) is 0.256. The lowest BCUT2D eigenvalue weighted by Gasteiger charge is -2.12. The molecule has 0 heterocycles. The van der Waals surface area contributed by atoms with Crippen LogP contribution in [0.25, 0.3) is 0 Å². The van der Waals surface area contributed by atoms with Gasteiger partial charge in [-0.3, -0.25) is 0 Å². The maximum Gasteiger partial charge on any atom is 0.416 e.